The van der Waals surface area contributed by atoms with E-state index < -0.39 is 23.4 Å². The van der Waals surface area contributed by atoms with E-state index in [9.17, 15) is 18.0 Å². The normalized spacial score (nSPS) is 10.8. The smallest absolute Gasteiger partial charge is 0.257 e. The maximum Gasteiger partial charge on any atom is 0.257 e. The molecular formula is C21H18F3N3O. The zero-order valence-electron chi connectivity index (χ0n) is 15.3. The van der Waals surface area contributed by atoms with Crippen molar-refractivity contribution in [3.63, 3.8) is 0 Å². The fourth-order valence-corrected chi connectivity index (χ4v) is 2.57. The summed E-state index contributed by atoms with van der Waals surface area (Å²) in [5.41, 5.74) is 2.00. The Kier molecular flexibility index (Phi) is 5.63. The van der Waals surface area contributed by atoms with Gasteiger partial charge in [-0.1, -0.05) is 26.0 Å². The molecule has 0 saturated carbocycles. The van der Waals surface area contributed by atoms with Crippen molar-refractivity contribution in [1.29, 1.82) is 0 Å². The molecule has 0 bridgehead atoms. The molecule has 0 aliphatic carbocycles. The molecule has 1 amide bonds. The minimum atomic E-state index is -1.57. The lowest BCUT2D eigenvalue weighted by Crippen LogP contribution is -2.12. The molecule has 1 heterocycles. The number of nitrogens with one attached hydrogen (secondary N) is 2. The van der Waals surface area contributed by atoms with Gasteiger partial charge in [0.15, 0.2) is 17.5 Å². The molecule has 2 N–H and O–H groups in total. The van der Waals surface area contributed by atoms with E-state index in [1.54, 1.807) is 12.1 Å². The number of anilines is 3. The predicted molar refractivity (Wildman–Crippen MR) is 102 cm³/mol. The topological polar surface area (TPSA) is 54.0 Å². The summed E-state index contributed by atoms with van der Waals surface area (Å²) in [4.78, 5) is 16.4. The molecule has 144 valence electrons. The largest absolute Gasteiger partial charge is 0.352 e. The number of benzene rings is 2. The molecule has 0 radical (unpaired) electrons. The summed E-state index contributed by atoms with van der Waals surface area (Å²) >= 11 is 0. The first kappa shape index (κ1) is 19.4. The molecule has 2 aromatic carbocycles. The fourth-order valence-electron chi connectivity index (χ4n) is 2.57. The number of aromatic nitrogens is 1. The maximum atomic E-state index is 13.8. The van der Waals surface area contributed by atoms with Gasteiger partial charge in [-0.15, -0.1) is 0 Å². The zero-order chi connectivity index (χ0) is 20.3. The average Bonchev–Trinajstić information content (AvgIpc) is 2.69. The van der Waals surface area contributed by atoms with E-state index in [-0.39, 0.29) is 16.9 Å². The minimum absolute atomic E-state index is 0.223. The van der Waals surface area contributed by atoms with Gasteiger partial charge in [-0.25, -0.2) is 13.2 Å². The van der Waals surface area contributed by atoms with Crippen LogP contribution in [0.15, 0.2) is 54.9 Å². The van der Waals surface area contributed by atoms with Crippen molar-refractivity contribution in [3.05, 3.63) is 83.4 Å². The monoisotopic (exact) mass is 385 g/mol. The standard InChI is InChI=1S/C21H18F3N3O/c1-12(2)13-3-5-15(6-4-13)27-21(28)14-9-16(11-25-10-14)26-18-8-7-17(22)19(23)20(18)24/h3-12,26H,1-2H3,(H,27,28). The van der Waals surface area contributed by atoms with Gasteiger partial charge in [0.1, 0.15) is 0 Å². The van der Waals surface area contributed by atoms with Crippen LogP contribution in [0.2, 0.25) is 0 Å². The van der Waals surface area contributed by atoms with Crippen LogP contribution >= 0.6 is 0 Å². The first-order valence-electron chi connectivity index (χ1n) is 8.62. The summed E-state index contributed by atoms with van der Waals surface area (Å²) in [6.45, 7) is 4.15. The third-order valence-electron chi connectivity index (χ3n) is 4.15. The number of amides is 1. The summed E-state index contributed by atoms with van der Waals surface area (Å²) in [5, 5.41) is 5.35. The summed E-state index contributed by atoms with van der Waals surface area (Å²) in [5.74, 6) is -4.22. The Morgan fingerprint density at radius 2 is 1.64 bits per heavy atom. The number of nitrogens with zero attached hydrogens (tertiary/aromatic N) is 1. The second-order valence-electron chi connectivity index (χ2n) is 6.54. The zero-order valence-corrected chi connectivity index (χ0v) is 15.3. The third kappa shape index (κ3) is 4.31. The van der Waals surface area contributed by atoms with Gasteiger partial charge >= 0.3 is 0 Å². The molecule has 0 fully saturated rings. The molecule has 0 unspecified atom stereocenters. The Bertz CT molecular complexity index is 1000. The maximum absolute atomic E-state index is 13.8. The highest BCUT2D eigenvalue weighted by molar-refractivity contribution is 6.04. The number of carbonyl (C=O) groups excluding carboxylic acids is 1. The number of hydrogen-bond donors (Lipinski definition) is 2. The Labute approximate surface area is 160 Å². The molecule has 0 aliphatic rings. The first-order chi connectivity index (χ1) is 13.3. The SMILES string of the molecule is CC(C)c1ccc(NC(=O)c2cncc(Nc3ccc(F)c(F)c3F)c2)cc1. The highest BCUT2D eigenvalue weighted by atomic mass is 19.2. The Hall–Kier alpha value is -3.35. The molecule has 1 aromatic heterocycles. The van der Waals surface area contributed by atoms with E-state index in [0.717, 1.165) is 17.7 Å². The number of halogens is 3. The second-order valence-corrected chi connectivity index (χ2v) is 6.54. The lowest BCUT2D eigenvalue weighted by molar-refractivity contribution is 0.102. The molecule has 3 rings (SSSR count). The Morgan fingerprint density at radius 1 is 0.929 bits per heavy atom. The van der Waals surface area contributed by atoms with Crippen molar-refractivity contribution >= 4 is 23.0 Å². The van der Waals surface area contributed by atoms with Gasteiger partial charge in [-0.3, -0.25) is 9.78 Å². The van der Waals surface area contributed by atoms with Gasteiger partial charge in [0.05, 0.1) is 23.1 Å². The van der Waals surface area contributed by atoms with Crippen LogP contribution < -0.4 is 10.6 Å². The number of hydrogen-bond acceptors (Lipinski definition) is 3. The third-order valence-corrected chi connectivity index (χ3v) is 4.15. The van der Waals surface area contributed by atoms with Crippen LogP contribution in [-0.4, -0.2) is 10.9 Å². The number of carbonyl (C=O) groups is 1. The lowest BCUT2D eigenvalue weighted by Gasteiger charge is -2.11. The van der Waals surface area contributed by atoms with Crippen molar-refractivity contribution in [2.24, 2.45) is 0 Å². The van der Waals surface area contributed by atoms with Crippen LogP contribution in [0.5, 0.6) is 0 Å². The van der Waals surface area contributed by atoms with Crippen LogP contribution in [0.3, 0.4) is 0 Å². The fraction of sp³-hybridized carbons (Fsp3) is 0.143. The summed E-state index contributed by atoms with van der Waals surface area (Å²) < 4.78 is 40.2. The molecule has 4 nitrogen and oxygen atoms in total. The van der Waals surface area contributed by atoms with Crippen molar-refractivity contribution in [3.8, 4) is 0 Å². The molecule has 7 heteroatoms. The number of rotatable bonds is 5. The molecule has 3 aromatic rings. The highest BCUT2D eigenvalue weighted by Crippen LogP contribution is 2.24. The molecule has 0 spiro atoms. The van der Waals surface area contributed by atoms with Gasteiger partial charge in [0, 0.05) is 11.9 Å². The molecular weight excluding hydrogens is 367 g/mol. The van der Waals surface area contributed by atoms with Crippen LogP contribution in [0.4, 0.5) is 30.2 Å². The van der Waals surface area contributed by atoms with Gasteiger partial charge in [-0.05, 0) is 41.8 Å². The average molecular weight is 385 g/mol. The van der Waals surface area contributed by atoms with Gasteiger partial charge in [0.25, 0.3) is 5.91 Å². The van der Waals surface area contributed by atoms with Crippen LogP contribution in [-0.2, 0) is 0 Å². The van der Waals surface area contributed by atoms with E-state index in [1.165, 1.54) is 18.5 Å². The van der Waals surface area contributed by atoms with E-state index in [1.807, 2.05) is 12.1 Å². The van der Waals surface area contributed by atoms with Gasteiger partial charge in [0.2, 0.25) is 0 Å². The molecule has 28 heavy (non-hydrogen) atoms. The summed E-state index contributed by atoms with van der Waals surface area (Å²) in [6.07, 6.45) is 2.69. The van der Waals surface area contributed by atoms with Crippen LogP contribution in [0, 0.1) is 17.5 Å². The van der Waals surface area contributed by atoms with Crippen molar-refractivity contribution < 1.29 is 18.0 Å². The Morgan fingerprint density at radius 3 is 2.32 bits per heavy atom. The van der Waals surface area contributed by atoms with E-state index in [2.05, 4.69) is 29.5 Å². The number of pyridine rings is 1. The second kappa shape index (κ2) is 8.12. The van der Waals surface area contributed by atoms with E-state index >= 15 is 0 Å². The molecule has 0 saturated heterocycles. The van der Waals surface area contributed by atoms with Crippen molar-refractivity contribution in [2.45, 2.75) is 19.8 Å². The van der Waals surface area contributed by atoms with Crippen molar-refractivity contribution in [2.75, 3.05) is 10.6 Å². The van der Waals surface area contributed by atoms with E-state index in [4.69, 9.17) is 0 Å². The quantitative estimate of drug-likeness (QED) is 0.561. The predicted octanol–water partition coefficient (Wildman–Crippen LogP) is 5.62. The minimum Gasteiger partial charge on any atom is -0.352 e. The summed E-state index contributed by atoms with van der Waals surface area (Å²) in [6, 6.07) is 10.8. The van der Waals surface area contributed by atoms with Crippen molar-refractivity contribution in [1.82, 2.24) is 4.98 Å². The first-order valence-corrected chi connectivity index (χ1v) is 8.62. The summed E-state index contributed by atoms with van der Waals surface area (Å²) in [7, 11) is 0. The Balaban J connectivity index is 1.75. The lowest BCUT2D eigenvalue weighted by atomic mass is 10.0. The van der Waals surface area contributed by atoms with Gasteiger partial charge < -0.3 is 10.6 Å². The molecule has 0 atom stereocenters. The highest BCUT2D eigenvalue weighted by Gasteiger charge is 2.14. The van der Waals surface area contributed by atoms with Gasteiger partial charge in [-0.2, -0.15) is 0 Å². The molecule has 0 aliphatic heterocycles. The van der Waals surface area contributed by atoms with Crippen LogP contribution in [0.25, 0.3) is 0 Å². The van der Waals surface area contributed by atoms with Crippen LogP contribution in [0.1, 0.15) is 35.7 Å². The van der Waals surface area contributed by atoms with E-state index in [0.29, 0.717) is 11.6 Å².